The molecule has 0 aliphatic heterocycles. The topological polar surface area (TPSA) is 55.9 Å². The van der Waals surface area contributed by atoms with Crippen LogP contribution in [0.25, 0.3) is 11.0 Å². The maximum Gasteiger partial charge on any atom is 0.203 e. The van der Waals surface area contributed by atoms with Gasteiger partial charge in [0.15, 0.2) is 0 Å². The largest absolute Gasteiger partial charge is 0.351 e. The molecule has 1 aliphatic carbocycles. The Kier molecular flexibility index (Phi) is 2.52. The summed E-state index contributed by atoms with van der Waals surface area (Å²) in [6.45, 7) is 0.674. The molecule has 1 aliphatic rings. The number of nitrogens with two attached hydrogens (primary N) is 1. The smallest absolute Gasteiger partial charge is 0.203 e. The molecule has 0 radical (unpaired) electrons. The Bertz CT molecular complexity index is 527. The molecule has 17 heavy (non-hydrogen) atoms. The number of rotatable bonds is 4. The molecule has 1 saturated carbocycles. The lowest BCUT2D eigenvalue weighted by Crippen LogP contribution is -2.31. The van der Waals surface area contributed by atoms with Gasteiger partial charge in [-0.2, -0.15) is 0 Å². The first kappa shape index (κ1) is 10.6. The fourth-order valence-electron chi connectivity index (χ4n) is 2.31. The number of para-hydroxylation sites is 2. The Hall–Kier alpha value is -1.55. The molecule has 3 N–H and O–H groups in total. The number of anilines is 1. The van der Waals surface area contributed by atoms with E-state index in [-0.39, 0.29) is 0 Å². The molecular formula is C13H18N4. The summed E-state index contributed by atoms with van der Waals surface area (Å²) in [6, 6.07) is 8.54. The van der Waals surface area contributed by atoms with Crippen LogP contribution < -0.4 is 11.1 Å². The summed E-state index contributed by atoms with van der Waals surface area (Å²) >= 11 is 0. The molecule has 1 unspecified atom stereocenters. The highest BCUT2D eigenvalue weighted by atomic mass is 15.2. The van der Waals surface area contributed by atoms with Crippen LogP contribution in [0.15, 0.2) is 24.3 Å². The molecule has 2 aromatic rings. The van der Waals surface area contributed by atoms with Crippen LogP contribution in [-0.4, -0.2) is 22.1 Å². The van der Waals surface area contributed by atoms with Crippen LogP contribution in [0.5, 0.6) is 0 Å². The van der Waals surface area contributed by atoms with Crippen molar-refractivity contribution in [3.8, 4) is 0 Å². The van der Waals surface area contributed by atoms with Crippen LogP contribution in [0.3, 0.4) is 0 Å². The van der Waals surface area contributed by atoms with E-state index in [4.69, 9.17) is 5.73 Å². The van der Waals surface area contributed by atoms with E-state index in [0.717, 1.165) is 22.9 Å². The first-order valence-corrected chi connectivity index (χ1v) is 6.17. The third-order valence-electron chi connectivity index (χ3n) is 3.55. The van der Waals surface area contributed by atoms with Crippen molar-refractivity contribution in [3.63, 3.8) is 0 Å². The van der Waals surface area contributed by atoms with Gasteiger partial charge in [0, 0.05) is 19.6 Å². The SMILES string of the molecule is Cn1c(NC(CN)C2CC2)nc2ccccc21. The molecule has 4 heteroatoms. The molecule has 1 aromatic heterocycles. The van der Waals surface area contributed by atoms with Gasteiger partial charge in [0.1, 0.15) is 0 Å². The summed E-state index contributed by atoms with van der Waals surface area (Å²) in [6.07, 6.45) is 2.58. The van der Waals surface area contributed by atoms with Crippen LogP contribution in [0.1, 0.15) is 12.8 Å². The number of hydrogen-bond acceptors (Lipinski definition) is 3. The second-order valence-electron chi connectivity index (χ2n) is 4.81. The number of nitrogens with one attached hydrogen (secondary N) is 1. The highest BCUT2D eigenvalue weighted by Crippen LogP contribution is 2.34. The van der Waals surface area contributed by atoms with Gasteiger partial charge in [0.25, 0.3) is 0 Å². The van der Waals surface area contributed by atoms with Crippen molar-refractivity contribution in [1.29, 1.82) is 0 Å². The van der Waals surface area contributed by atoms with Gasteiger partial charge < -0.3 is 15.6 Å². The third kappa shape index (κ3) is 1.89. The highest BCUT2D eigenvalue weighted by Gasteiger charge is 2.30. The number of fused-ring (bicyclic) bond motifs is 1. The van der Waals surface area contributed by atoms with E-state index in [2.05, 4.69) is 20.9 Å². The summed E-state index contributed by atoms with van der Waals surface area (Å²) in [5.41, 5.74) is 7.99. The Morgan fingerprint density at radius 2 is 2.24 bits per heavy atom. The second kappa shape index (κ2) is 4.04. The van der Waals surface area contributed by atoms with E-state index in [1.165, 1.54) is 12.8 Å². The van der Waals surface area contributed by atoms with Crippen molar-refractivity contribution in [2.24, 2.45) is 18.7 Å². The zero-order chi connectivity index (χ0) is 11.8. The first-order chi connectivity index (χ1) is 8.29. The average Bonchev–Trinajstić information content (AvgIpc) is 3.14. The van der Waals surface area contributed by atoms with E-state index in [1.807, 2.05) is 25.2 Å². The zero-order valence-electron chi connectivity index (χ0n) is 10.1. The van der Waals surface area contributed by atoms with E-state index in [9.17, 15) is 0 Å². The predicted molar refractivity (Wildman–Crippen MR) is 69.9 cm³/mol. The minimum atomic E-state index is 0.366. The molecule has 0 bridgehead atoms. The number of aryl methyl sites for hydroxylation is 1. The number of nitrogens with zero attached hydrogens (tertiary/aromatic N) is 2. The molecule has 1 atom stereocenters. The third-order valence-corrected chi connectivity index (χ3v) is 3.55. The van der Waals surface area contributed by atoms with E-state index in [1.54, 1.807) is 0 Å². The van der Waals surface area contributed by atoms with Gasteiger partial charge in [0.05, 0.1) is 11.0 Å². The van der Waals surface area contributed by atoms with E-state index < -0.39 is 0 Å². The van der Waals surface area contributed by atoms with Crippen LogP contribution in [0.2, 0.25) is 0 Å². The van der Waals surface area contributed by atoms with E-state index >= 15 is 0 Å². The predicted octanol–water partition coefficient (Wildman–Crippen LogP) is 1.72. The Morgan fingerprint density at radius 1 is 1.47 bits per heavy atom. The average molecular weight is 230 g/mol. The van der Waals surface area contributed by atoms with Gasteiger partial charge in [-0.15, -0.1) is 0 Å². The van der Waals surface area contributed by atoms with Crippen molar-refractivity contribution in [2.45, 2.75) is 18.9 Å². The van der Waals surface area contributed by atoms with Crippen LogP contribution >= 0.6 is 0 Å². The molecule has 90 valence electrons. The fourth-order valence-corrected chi connectivity index (χ4v) is 2.31. The Balaban J connectivity index is 1.91. The molecule has 3 rings (SSSR count). The van der Waals surface area contributed by atoms with Gasteiger partial charge in [-0.25, -0.2) is 4.98 Å². The summed E-state index contributed by atoms with van der Waals surface area (Å²) in [4.78, 5) is 4.61. The van der Waals surface area contributed by atoms with Gasteiger partial charge in [-0.1, -0.05) is 12.1 Å². The molecule has 1 aromatic carbocycles. The van der Waals surface area contributed by atoms with Crippen molar-refractivity contribution in [3.05, 3.63) is 24.3 Å². The molecule has 0 saturated heterocycles. The van der Waals surface area contributed by atoms with E-state index in [0.29, 0.717) is 12.6 Å². The normalized spacial score (nSPS) is 17.3. The van der Waals surface area contributed by atoms with Gasteiger partial charge in [0.2, 0.25) is 5.95 Å². The van der Waals surface area contributed by atoms with Gasteiger partial charge >= 0.3 is 0 Å². The Labute approximate surface area is 101 Å². The standard InChI is InChI=1S/C13H18N4/c1-17-12-5-3-2-4-10(12)15-13(17)16-11(8-14)9-6-7-9/h2-5,9,11H,6-8,14H2,1H3,(H,15,16). The molecule has 1 fully saturated rings. The summed E-state index contributed by atoms with van der Waals surface area (Å²) < 4.78 is 2.10. The lowest BCUT2D eigenvalue weighted by molar-refractivity contribution is 0.635. The van der Waals surface area contributed by atoms with Crippen LogP contribution in [-0.2, 0) is 7.05 Å². The van der Waals surface area contributed by atoms with Crippen molar-refractivity contribution in [2.75, 3.05) is 11.9 Å². The summed E-state index contributed by atoms with van der Waals surface area (Å²) in [5, 5.41) is 3.48. The minimum Gasteiger partial charge on any atom is -0.351 e. The zero-order valence-corrected chi connectivity index (χ0v) is 10.1. The van der Waals surface area contributed by atoms with Gasteiger partial charge in [-0.05, 0) is 30.9 Å². The molecule has 0 amide bonds. The lowest BCUT2D eigenvalue weighted by atomic mass is 10.2. The Morgan fingerprint density at radius 3 is 2.88 bits per heavy atom. The maximum atomic E-state index is 5.81. The first-order valence-electron chi connectivity index (χ1n) is 6.17. The van der Waals surface area contributed by atoms with Crippen molar-refractivity contribution >= 4 is 17.0 Å². The highest BCUT2D eigenvalue weighted by molar-refractivity contribution is 5.78. The molecular weight excluding hydrogens is 212 g/mol. The molecule has 0 spiro atoms. The summed E-state index contributed by atoms with van der Waals surface area (Å²) in [7, 11) is 2.04. The monoisotopic (exact) mass is 230 g/mol. The van der Waals surface area contributed by atoms with Crippen LogP contribution in [0, 0.1) is 5.92 Å². The van der Waals surface area contributed by atoms with Crippen molar-refractivity contribution < 1.29 is 0 Å². The number of hydrogen-bond donors (Lipinski definition) is 2. The molecule has 4 nitrogen and oxygen atoms in total. The number of benzene rings is 1. The van der Waals surface area contributed by atoms with Crippen molar-refractivity contribution in [1.82, 2.24) is 9.55 Å². The fraction of sp³-hybridized carbons (Fsp3) is 0.462. The van der Waals surface area contributed by atoms with Crippen LogP contribution in [0.4, 0.5) is 5.95 Å². The quantitative estimate of drug-likeness (QED) is 0.841. The second-order valence-corrected chi connectivity index (χ2v) is 4.81. The maximum absolute atomic E-state index is 5.81. The molecule has 1 heterocycles. The number of aromatic nitrogens is 2. The van der Waals surface area contributed by atoms with Gasteiger partial charge in [-0.3, -0.25) is 0 Å². The minimum absolute atomic E-state index is 0.366. The summed E-state index contributed by atoms with van der Waals surface area (Å²) in [5.74, 6) is 1.66. The lowest BCUT2D eigenvalue weighted by Gasteiger charge is -2.16. The number of imidazole rings is 1.